The van der Waals surface area contributed by atoms with E-state index >= 15 is 0 Å². The van der Waals surface area contributed by atoms with Gasteiger partial charge < -0.3 is 14.6 Å². The van der Waals surface area contributed by atoms with Crippen LogP contribution in [0.4, 0.5) is 0 Å². The van der Waals surface area contributed by atoms with Gasteiger partial charge in [-0.1, -0.05) is 15.9 Å². The van der Waals surface area contributed by atoms with E-state index in [9.17, 15) is 5.11 Å². The van der Waals surface area contributed by atoms with Crippen molar-refractivity contribution in [2.24, 2.45) is 0 Å². The monoisotopic (exact) mass is 286 g/mol. The molecule has 16 heavy (non-hydrogen) atoms. The third-order valence-corrected chi connectivity index (χ3v) is 3.67. The average molecular weight is 287 g/mol. The van der Waals surface area contributed by atoms with Gasteiger partial charge in [0.15, 0.2) is 11.5 Å². The minimum absolute atomic E-state index is 0.360. The number of fused-ring (bicyclic) bond motifs is 1. The molecule has 0 aliphatic carbocycles. The van der Waals surface area contributed by atoms with Gasteiger partial charge in [-0.2, -0.15) is 0 Å². The molecule has 1 aromatic carbocycles. The van der Waals surface area contributed by atoms with Gasteiger partial charge in [0, 0.05) is 16.5 Å². The molecule has 1 aromatic rings. The maximum Gasteiger partial charge on any atom is 0.165 e. The minimum atomic E-state index is -0.360. The van der Waals surface area contributed by atoms with Crippen LogP contribution in [0.3, 0.4) is 0 Å². The first-order chi connectivity index (χ1) is 7.63. The highest BCUT2D eigenvalue weighted by Crippen LogP contribution is 2.42. The topological polar surface area (TPSA) is 38.7 Å². The quantitative estimate of drug-likeness (QED) is 0.927. The van der Waals surface area contributed by atoms with Gasteiger partial charge in [-0.05, 0) is 25.0 Å². The molecule has 0 aromatic heterocycles. The van der Waals surface area contributed by atoms with Gasteiger partial charge in [-0.15, -0.1) is 0 Å². The SMILES string of the molecule is COc1cc(CC(C)O)c(Br)c2c1OCC2. The molecule has 0 spiro atoms. The van der Waals surface area contributed by atoms with Gasteiger partial charge in [0.1, 0.15) is 0 Å². The summed E-state index contributed by atoms with van der Waals surface area (Å²) < 4.78 is 11.9. The van der Waals surface area contributed by atoms with E-state index in [-0.39, 0.29) is 6.10 Å². The number of rotatable bonds is 3. The van der Waals surface area contributed by atoms with Crippen molar-refractivity contribution in [3.8, 4) is 11.5 Å². The zero-order chi connectivity index (χ0) is 11.7. The van der Waals surface area contributed by atoms with Crippen molar-refractivity contribution < 1.29 is 14.6 Å². The number of ether oxygens (including phenoxy) is 2. The van der Waals surface area contributed by atoms with Crippen LogP contribution in [0.2, 0.25) is 0 Å². The highest BCUT2D eigenvalue weighted by molar-refractivity contribution is 9.10. The summed E-state index contributed by atoms with van der Waals surface area (Å²) >= 11 is 3.58. The number of aliphatic hydroxyl groups is 1. The first-order valence-corrected chi connectivity index (χ1v) is 6.12. The minimum Gasteiger partial charge on any atom is -0.493 e. The molecule has 4 heteroatoms. The number of aliphatic hydroxyl groups excluding tert-OH is 1. The standard InChI is InChI=1S/C12H15BrO3/c1-7(14)5-8-6-10(15-2)12-9(11(8)13)3-4-16-12/h6-7,14H,3-5H2,1-2H3. The second-order valence-electron chi connectivity index (χ2n) is 4.01. The van der Waals surface area contributed by atoms with Crippen molar-refractivity contribution in [2.45, 2.75) is 25.9 Å². The van der Waals surface area contributed by atoms with E-state index in [1.807, 2.05) is 6.07 Å². The zero-order valence-corrected chi connectivity index (χ0v) is 11.0. The van der Waals surface area contributed by atoms with Crippen molar-refractivity contribution >= 4 is 15.9 Å². The molecule has 0 saturated heterocycles. The molecule has 1 unspecified atom stereocenters. The molecule has 0 bridgehead atoms. The Bertz CT molecular complexity index is 402. The third kappa shape index (κ3) is 2.04. The molecule has 1 heterocycles. The summed E-state index contributed by atoms with van der Waals surface area (Å²) in [6.07, 6.45) is 1.14. The fraction of sp³-hybridized carbons (Fsp3) is 0.500. The summed E-state index contributed by atoms with van der Waals surface area (Å²) in [6.45, 7) is 2.48. The lowest BCUT2D eigenvalue weighted by Crippen LogP contribution is -2.06. The van der Waals surface area contributed by atoms with Crippen LogP contribution in [0.5, 0.6) is 11.5 Å². The molecule has 0 amide bonds. The first-order valence-electron chi connectivity index (χ1n) is 5.32. The predicted octanol–water partition coefficient (Wildman–Crippen LogP) is 2.32. The molecule has 0 saturated carbocycles. The number of halogens is 1. The first kappa shape index (κ1) is 11.7. The summed E-state index contributed by atoms with van der Waals surface area (Å²) in [5, 5.41) is 9.45. The van der Waals surface area contributed by atoms with E-state index in [0.29, 0.717) is 13.0 Å². The van der Waals surface area contributed by atoms with Crippen molar-refractivity contribution in [3.05, 3.63) is 21.7 Å². The maximum atomic E-state index is 9.45. The van der Waals surface area contributed by atoms with Crippen molar-refractivity contribution in [3.63, 3.8) is 0 Å². The molecular weight excluding hydrogens is 272 g/mol. The molecule has 2 rings (SSSR count). The normalized spacial score (nSPS) is 15.5. The third-order valence-electron chi connectivity index (χ3n) is 2.68. The Balaban J connectivity index is 2.47. The second kappa shape index (κ2) is 4.63. The smallest absolute Gasteiger partial charge is 0.165 e. The van der Waals surface area contributed by atoms with Crippen LogP contribution in [-0.2, 0) is 12.8 Å². The van der Waals surface area contributed by atoms with Gasteiger partial charge in [0.2, 0.25) is 0 Å². The van der Waals surface area contributed by atoms with Crippen LogP contribution >= 0.6 is 15.9 Å². The van der Waals surface area contributed by atoms with Gasteiger partial charge in [0.05, 0.1) is 19.8 Å². The van der Waals surface area contributed by atoms with Crippen LogP contribution in [0.15, 0.2) is 10.5 Å². The van der Waals surface area contributed by atoms with Crippen LogP contribution < -0.4 is 9.47 Å². The Kier molecular flexibility index (Phi) is 3.40. The summed E-state index contributed by atoms with van der Waals surface area (Å²) in [5.41, 5.74) is 2.21. The van der Waals surface area contributed by atoms with Crippen LogP contribution in [-0.4, -0.2) is 24.9 Å². The summed E-state index contributed by atoms with van der Waals surface area (Å²) in [6, 6.07) is 1.93. The average Bonchev–Trinajstić information content (AvgIpc) is 2.70. The number of hydrogen-bond donors (Lipinski definition) is 1. The van der Waals surface area contributed by atoms with E-state index in [1.165, 1.54) is 0 Å². The summed E-state index contributed by atoms with van der Waals surface area (Å²) in [4.78, 5) is 0. The fourth-order valence-corrected chi connectivity index (χ4v) is 2.64. The molecule has 0 fully saturated rings. The highest BCUT2D eigenvalue weighted by Gasteiger charge is 2.23. The molecule has 88 valence electrons. The number of methoxy groups -OCH3 is 1. The van der Waals surface area contributed by atoms with Gasteiger partial charge in [-0.3, -0.25) is 0 Å². The lowest BCUT2D eigenvalue weighted by Gasteiger charge is -2.13. The van der Waals surface area contributed by atoms with E-state index in [0.717, 1.165) is 33.5 Å². The summed E-state index contributed by atoms with van der Waals surface area (Å²) in [7, 11) is 1.64. The summed E-state index contributed by atoms with van der Waals surface area (Å²) in [5.74, 6) is 1.59. The predicted molar refractivity (Wildman–Crippen MR) is 65.3 cm³/mol. The number of benzene rings is 1. The van der Waals surface area contributed by atoms with E-state index in [4.69, 9.17) is 9.47 Å². The van der Waals surface area contributed by atoms with Gasteiger partial charge >= 0.3 is 0 Å². The molecular formula is C12H15BrO3. The van der Waals surface area contributed by atoms with E-state index in [2.05, 4.69) is 15.9 Å². The molecule has 1 aliphatic rings. The highest BCUT2D eigenvalue weighted by atomic mass is 79.9. The molecule has 0 radical (unpaired) electrons. The van der Waals surface area contributed by atoms with Gasteiger partial charge in [0.25, 0.3) is 0 Å². The van der Waals surface area contributed by atoms with Crippen LogP contribution in [0.1, 0.15) is 18.1 Å². The molecule has 3 nitrogen and oxygen atoms in total. The lowest BCUT2D eigenvalue weighted by atomic mass is 10.0. The fourth-order valence-electron chi connectivity index (χ4n) is 1.98. The van der Waals surface area contributed by atoms with Crippen molar-refractivity contribution in [1.29, 1.82) is 0 Å². The number of hydrogen-bond acceptors (Lipinski definition) is 3. The van der Waals surface area contributed by atoms with Crippen LogP contribution in [0, 0.1) is 0 Å². The van der Waals surface area contributed by atoms with Gasteiger partial charge in [-0.25, -0.2) is 0 Å². The Hall–Kier alpha value is -0.740. The second-order valence-corrected chi connectivity index (χ2v) is 4.80. The molecule has 1 aliphatic heterocycles. The van der Waals surface area contributed by atoms with Crippen molar-refractivity contribution in [1.82, 2.24) is 0 Å². The Labute approximate surface area is 104 Å². The van der Waals surface area contributed by atoms with Crippen LogP contribution in [0.25, 0.3) is 0 Å². The zero-order valence-electron chi connectivity index (χ0n) is 9.42. The Morgan fingerprint density at radius 2 is 2.38 bits per heavy atom. The van der Waals surface area contributed by atoms with E-state index in [1.54, 1.807) is 14.0 Å². The Morgan fingerprint density at radius 3 is 3.00 bits per heavy atom. The molecule has 1 atom stereocenters. The lowest BCUT2D eigenvalue weighted by molar-refractivity contribution is 0.195. The Morgan fingerprint density at radius 1 is 1.62 bits per heavy atom. The maximum absolute atomic E-state index is 9.45. The van der Waals surface area contributed by atoms with Crippen molar-refractivity contribution in [2.75, 3.05) is 13.7 Å². The van der Waals surface area contributed by atoms with E-state index < -0.39 is 0 Å². The largest absolute Gasteiger partial charge is 0.493 e. The molecule has 1 N–H and O–H groups in total.